The molecule has 0 aromatic carbocycles. The first-order chi connectivity index (χ1) is 10.7. The average Bonchev–Trinajstić information content (AvgIpc) is 2.80. The highest BCUT2D eigenvalue weighted by atomic mass is 16.2. The van der Waals surface area contributed by atoms with Crippen LogP contribution in [0.3, 0.4) is 0 Å². The first-order valence-corrected chi connectivity index (χ1v) is 7.92. The fourth-order valence-corrected chi connectivity index (χ4v) is 3.12. The summed E-state index contributed by atoms with van der Waals surface area (Å²) in [4.78, 5) is 18.9. The van der Waals surface area contributed by atoms with Crippen LogP contribution in [0, 0.1) is 6.92 Å². The van der Waals surface area contributed by atoms with Gasteiger partial charge in [0.1, 0.15) is 6.54 Å². The minimum atomic E-state index is 0.145. The third-order valence-electron chi connectivity index (χ3n) is 4.22. The fourth-order valence-electron chi connectivity index (χ4n) is 3.12. The summed E-state index contributed by atoms with van der Waals surface area (Å²) in [6.45, 7) is 3.13. The van der Waals surface area contributed by atoms with Crippen molar-refractivity contribution >= 4 is 5.91 Å². The molecule has 1 saturated heterocycles. The first kappa shape index (κ1) is 14.8. The molecule has 0 saturated carbocycles. The molecule has 1 amide bonds. The number of carbonyl (C=O) groups excluding carboxylic acids is 1. The van der Waals surface area contributed by atoms with Crippen LogP contribution in [0.25, 0.3) is 0 Å². The second kappa shape index (κ2) is 6.73. The van der Waals surface area contributed by atoms with Crippen LogP contribution in [-0.2, 0) is 11.3 Å². The zero-order chi connectivity index (χ0) is 15.4. The van der Waals surface area contributed by atoms with Crippen molar-refractivity contribution in [2.45, 2.75) is 45.2 Å². The Labute approximate surface area is 131 Å². The Morgan fingerprint density at radius 1 is 1.27 bits per heavy atom. The molecule has 1 fully saturated rings. The third kappa shape index (κ3) is 3.35. The molecule has 1 aliphatic heterocycles. The zero-order valence-corrected chi connectivity index (χ0v) is 13.0. The fraction of sp³-hybridized carbons (Fsp3) is 0.471. The lowest BCUT2D eigenvalue weighted by atomic mass is 10.0. The van der Waals surface area contributed by atoms with Gasteiger partial charge in [-0.05, 0) is 43.0 Å². The molecular formula is C17H22N4O. The molecule has 1 unspecified atom stereocenters. The highest BCUT2D eigenvalue weighted by molar-refractivity contribution is 5.76. The van der Waals surface area contributed by atoms with Crippen LogP contribution in [0.5, 0.6) is 0 Å². The monoisotopic (exact) mass is 298 g/mol. The zero-order valence-electron chi connectivity index (χ0n) is 13.0. The van der Waals surface area contributed by atoms with E-state index in [0.29, 0.717) is 6.54 Å². The standard InChI is InChI=1S/C17H22N4O/c1-14-11-19-20(12-14)13-17(22)21-10-4-2-3-5-16(21)15-6-8-18-9-7-15/h6-9,11-12,16H,2-5,10,13H2,1H3. The van der Waals surface area contributed by atoms with Crippen LogP contribution in [-0.4, -0.2) is 32.1 Å². The van der Waals surface area contributed by atoms with Crippen molar-refractivity contribution in [3.05, 3.63) is 48.0 Å². The Morgan fingerprint density at radius 3 is 2.82 bits per heavy atom. The van der Waals surface area contributed by atoms with Gasteiger partial charge in [0.15, 0.2) is 0 Å². The molecule has 0 bridgehead atoms. The predicted molar refractivity (Wildman–Crippen MR) is 84.1 cm³/mol. The quantitative estimate of drug-likeness (QED) is 0.875. The summed E-state index contributed by atoms with van der Waals surface area (Å²) >= 11 is 0. The van der Waals surface area contributed by atoms with Crippen molar-refractivity contribution in [1.82, 2.24) is 19.7 Å². The van der Waals surface area contributed by atoms with E-state index in [4.69, 9.17) is 0 Å². The van der Waals surface area contributed by atoms with E-state index < -0.39 is 0 Å². The molecule has 116 valence electrons. The van der Waals surface area contributed by atoms with Gasteiger partial charge in [-0.2, -0.15) is 5.10 Å². The summed E-state index contributed by atoms with van der Waals surface area (Å²) in [5.74, 6) is 0.145. The predicted octanol–water partition coefficient (Wildman–Crippen LogP) is 2.73. The van der Waals surface area contributed by atoms with Gasteiger partial charge >= 0.3 is 0 Å². The normalized spacial score (nSPS) is 19.0. The van der Waals surface area contributed by atoms with Crippen LogP contribution in [0.4, 0.5) is 0 Å². The molecular weight excluding hydrogens is 276 g/mol. The van der Waals surface area contributed by atoms with Crippen molar-refractivity contribution in [3.63, 3.8) is 0 Å². The van der Waals surface area contributed by atoms with Crippen LogP contribution < -0.4 is 0 Å². The molecule has 0 N–H and O–H groups in total. The molecule has 5 heteroatoms. The minimum absolute atomic E-state index is 0.145. The van der Waals surface area contributed by atoms with E-state index in [9.17, 15) is 4.79 Å². The number of hydrogen-bond acceptors (Lipinski definition) is 3. The number of carbonyl (C=O) groups is 1. The number of amides is 1. The van der Waals surface area contributed by atoms with Crippen LogP contribution >= 0.6 is 0 Å². The number of aromatic nitrogens is 3. The second-order valence-electron chi connectivity index (χ2n) is 5.95. The van der Waals surface area contributed by atoms with Crippen LogP contribution in [0.2, 0.25) is 0 Å². The maximum atomic E-state index is 12.8. The molecule has 1 atom stereocenters. The lowest BCUT2D eigenvalue weighted by Crippen LogP contribution is -2.37. The number of rotatable bonds is 3. The molecule has 0 radical (unpaired) electrons. The number of hydrogen-bond donors (Lipinski definition) is 0. The maximum Gasteiger partial charge on any atom is 0.244 e. The number of likely N-dealkylation sites (tertiary alicyclic amines) is 1. The summed E-state index contributed by atoms with van der Waals surface area (Å²) in [6, 6.07) is 4.21. The van der Waals surface area contributed by atoms with Gasteiger partial charge in [0.2, 0.25) is 5.91 Å². The summed E-state index contributed by atoms with van der Waals surface area (Å²) in [7, 11) is 0. The largest absolute Gasteiger partial charge is 0.334 e. The van der Waals surface area contributed by atoms with Gasteiger partial charge in [0, 0.05) is 25.1 Å². The molecule has 0 spiro atoms. The van der Waals surface area contributed by atoms with Crippen molar-refractivity contribution < 1.29 is 4.79 Å². The van der Waals surface area contributed by atoms with Crippen LogP contribution in [0.1, 0.15) is 42.9 Å². The van der Waals surface area contributed by atoms with Gasteiger partial charge < -0.3 is 4.90 Å². The molecule has 3 rings (SSSR count). The molecule has 0 aliphatic carbocycles. The van der Waals surface area contributed by atoms with Crippen molar-refractivity contribution in [3.8, 4) is 0 Å². The SMILES string of the molecule is Cc1cnn(CC(=O)N2CCCCCC2c2ccncc2)c1. The van der Waals surface area contributed by atoms with Gasteiger partial charge in [-0.25, -0.2) is 0 Å². The Hall–Kier alpha value is -2.17. The van der Waals surface area contributed by atoms with Gasteiger partial charge in [0.25, 0.3) is 0 Å². The van der Waals surface area contributed by atoms with Gasteiger partial charge in [-0.15, -0.1) is 0 Å². The van der Waals surface area contributed by atoms with E-state index in [0.717, 1.165) is 31.4 Å². The Kier molecular flexibility index (Phi) is 4.51. The van der Waals surface area contributed by atoms with Gasteiger partial charge in [-0.3, -0.25) is 14.5 Å². The highest BCUT2D eigenvalue weighted by Gasteiger charge is 2.26. The molecule has 5 nitrogen and oxygen atoms in total. The first-order valence-electron chi connectivity index (χ1n) is 7.92. The van der Waals surface area contributed by atoms with Crippen molar-refractivity contribution in [1.29, 1.82) is 0 Å². The summed E-state index contributed by atoms with van der Waals surface area (Å²) in [6.07, 6.45) is 11.8. The van der Waals surface area contributed by atoms with Crippen molar-refractivity contribution in [2.75, 3.05) is 6.54 Å². The molecule has 2 aromatic heterocycles. The van der Waals surface area contributed by atoms with E-state index >= 15 is 0 Å². The third-order valence-corrected chi connectivity index (χ3v) is 4.22. The lowest BCUT2D eigenvalue weighted by molar-refractivity contribution is -0.134. The molecule has 1 aliphatic rings. The Balaban J connectivity index is 1.79. The van der Waals surface area contributed by atoms with E-state index in [2.05, 4.69) is 10.1 Å². The van der Waals surface area contributed by atoms with E-state index in [1.807, 2.05) is 30.2 Å². The number of nitrogens with zero attached hydrogens (tertiary/aromatic N) is 4. The van der Waals surface area contributed by atoms with Gasteiger partial charge in [-0.1, -0.05) is 12.8 Å². The average molecular weight is 298 g/mol. The smallest absolute Gasteiger partial charge is 0.244 e. The Bertz CT molecular complexity index is 623. The maximum absolute atomic E-state index is 12.8. The summed E-state index contributed by atoms with van der Waals surface area (Å²) in [5, 5.41) is 4.23. The topological polar surface area (TPSA) is 51.0 Å². The number of pyridine rings is 1. The molecule has 2 aromatic rings. The van der Waals surface area contributed by atoms with E-state index in [1.54, 1.807) is 23.3 Å². The van der Waals surface area contributed by atoms with Crippen molar-refractivity contribution in [2.24, 2.45) is 0 Å². The number of aryl methyl sites for hydroxylation is 1. The molecule has 3 heterocycles. The summed E-state index contributed by atoms with van der Waals surface area (Å²) < 4.78 is 1.73. The highest BCUT2D eigenvalue weighted by Crippen LogP contribution is 2.30. The van der Waals surface area contributed by atoms with E-state index in [-0.39, 0.29) is 11.9 Å². The summed E-state index contributed by atoms with van der Waals surface area (Å²) in [5.41, 5.74) is 2.26. The molecule has 22 heavy (non-hydrogen) atoms. The minimum Gasteiger partial charge on any atom is -0.334 e. The lowest BCUT2D eigenvalue weighted by Gasteiger charge is -2.30. The van der Waals surface area contributed by atoms with E-state index in [1.165, 1.54) is 12.0 Å². The Morgan fingerprint density at radius 2 is 2.09 bits per heavy atom. The second-order valence-corrected chi connectivity index (χ2v) is 5.95. The van der Waals surface area contributed by atoms with Gasteiger partial charge in [0.05, 0.1) is 12.2 Å². The van der Waals surface area contributed by atoms with Crippen LogP contribution in [0.15, 0.2) is 36.9 Å².